The third-order valence-corrected chi connectivity index (χ3v) is 7.62. The van der Waals surface area contributed by atoms with Gasteiger partial charge in [0.2, 0.25) is 0 Å². The van der Waals surface area contributed by atoms with Crippen LogP contribution in [0.15, 0.2) is 96.1 Å². The molecule has 1 atom stereocenters. The van der Waals surface area contributed by atoms with E-state index in [2.05, 4.69) is 6.07 Å². The quantitative estimate of drug-likeness (QED) is 0.162. The molecule has 6 rings (SSSR count). The van der Waals surface area contributed by atoms with Crippen molar-refractivity contribution in [1.82, 2.24) is 5.01 Å². The molecule has 0 bridgehead atoms. The van der Waals surface area contributed by atoms with Gasteiger partial charge in [0.05, 0.1) is 27.9 Å². The number of non-ortho nitro benzene ring substituents is 1. The molecule has 2 aliphatic heterocycles. The van der Waals surface area contributed by atoms with Crippen LogP contribution in [0.3, 0.4) is 0 Å². The van der Waals surface area contributed by atoms with Crippen LogP contribution in [0.5, 0.6) is 0 Å². The predicted molar refractivity (Wildman–Crippen MR) is 156 cm³/mol. The minimum atomic E-state index is -0.779. The second kappa shape index (κ2) is 11.2. The molecule has 0 N–H and O–H groups in total. The van der Waals surface area contributed by atoms with E-state index in [1.165, 1.54) is 17.1 Å². The van der Waals surface area contributed by atoms with Gasteiger partial charge in [0.15, 0.2) is 6.61 Å². The number of nitro benzene ring substituents is 1. The van der Waals surface area contributed by atoms with Crippen LogP contribution in [-0.4, -0.2) is 47.2 Å². The molecule has 9 heteroatoms. The number of benzene rings is 4. The van der Waals surface area contributed by atoms with Crippen LogP contribution in [0.1, 0.15) is 46.8 Å². The number of nitrogens with zero attached hydrogens (tertiary/aromatic N) is 4. The van der Waals surface area contributed by atoms with Crippen LogP contribution in [0.4, 0.5) is 11.4 Å². The van der Waals surface area contributed by atoms with Crippen molar-refractivity contribution in [2.45, 2.75) is 25.3 Å². The molecule has 9 nitrogen and oxygen atoms in total. The van der Waals surface area contributed by atoms with Gasteiger partial charge in [-0.3, -0.25) is 14.9 Å². The summed E-state index contributed by atoms with van der Waals surface area (Å²) in [6.45, 7) is 0.949. The molecular weight excluding hydrogens is 520 g/mol. The fourth-order valence-corrected chi connectivity index (χ4v) is 5.52. The highest BCUT2D eigenvalue weighted by Crippen LogP contribution is 2.34. The molecule has 1 saturated heterocycles. The number of hydrogen-bond acceptors (Lipinski definition) is 7. The fourth-order valence-electron chi connectivity index (χ4n) is 5.52. The number of fused-ring (bicyclic) bond motifs is 1. The topological polar surface area (TPSA) is 105 Å². The van der Waals surface area contributed by atoms with Gasteiger partial charge in [-0.25, -0.2) is 9.80 Å². The zero-order valence-corrected chi connectivity index (χ0v) is 22.3. The summed E-state index contributed by atoms with van der Waals surface area (Å²) in [6, 6.07) is 27.6. The van der Waals surface area contributed by atoms with Gasteiger partial charge in [-0.15, -0.1) is 0 Å². The van der Waals surface area contributed by atoms with Crippen molar-refractivity contribution in [3.05, 3.63) is 118 Å². The average molecular weight is 549 g/mol. The summed E-state index contributed by atoms with van der Waals surface area (Å²) >= 11 is 0. The number of rotatable bonds is 7. The largest absolute Gasteiger partial charge is 0.452 e. The molecule has 4 aromatic rings. The summed E-state index contributed by atoms with van der Waals surface area (Å²) < 4.78 is 5.47. The third kappa shape index (κ3) is 5.38. The van der Waals surface area contributed by atoms with E-state index >= 15 is 0 Å². The van der Waals surface area contributed by atoms with E-state index < -0.39 is 23.4 Å². The minimum Gasteiger partial charge on any atom is -0.452 e. The summed E-state index contributed by atoms with van der Waals surface area (Å²) in [5, 5.41) is 19.7. The highest BCUT2D eigenvalue weighted by atomic mass is 16.6. The van der Waals surface area contributed by atoms with Crippen molar-refractivity contribution in [2.75, 3.05) is 24.6 Å². The average Bonchev–Trinajstić information content (AvgIpc) is 3.71. The summed E-state index contributed by atoms with van der Waals surface area (Å²) in [7, 11) is 0. The van der Waals surface area contributed by atoms with Gasteiger partial charge in [0, 0.05) is 31.6 Å². The molecule has 1 fully saturated rings. The lowest BCUT2D eigenvalue weighted by Gasteiger charge is -2.23. The first-order valence-electron chi connectivity index (χ1n) is 13.6. The Morgan fingerprint density at radius 2 is 1.63 bits per heavy atom. The van der Waals surface area contributed by atoms with Gasteiger partial charge in [-0.2, -0.15) is 5.10 Å². The molecular formula is C32H28N4O5. The SMILES string of the molecule is O=C(OCC(=O)N1N=C(c2ccc3ccccc3c2)CC1c1ccccc1)c1cc([N+](=O)[O-])ccc1N1CCCC1. The minimum absolute atomic E-state index is 0.0790. The monoisotopic (exact) mass is 548 g/mol. The number of hydrogen-bond donors (Lipinski definition) is 0. The van der Waals surface area contributed by atoms with Crippen LogP contribution in [-0.2, 0) is 9.53 Å². The first-order chi connectivity index (χ1) is 20.0. The third-order valence-electron chi connectivity index (χ3n) is 7.62. The van der Waals surface area contributed by atoms with Crippen molar-refractivity contribution in [3.63, 3.8) is 0 Å². The van der Waals surface area contributed by atoms with E-state index in [1.54, 1.807) is 6.07 Å². The normalized spacial score (nSPS) is 16.6. The lowest BCUT2D eigenvalue weighted by atomic mass is 9.97. The fraction of sp³-hybridized carbons (Fsp3) is 0.219. The van der Waals surface area contributed by atoms with Gasteiger partial charge in [-0.1, -0.05) is 66.7 Å². The Labute approximate surface area is 236 Å². The van der Waals surface area contributed by atoms with E-state index in [1.807, 2.05) is 71.6 Å². The molecule has 206 valence electrons. The number of esters is 1. The molecule has 0 radical (unpaired) electrons. The number of ether oxygens (including phenoxy) is 1. The maximum absolute atomic E-state index is 13.5. The molecule has 2 heterocycles. The molecule has 1 amide bonds. The number of anilines is 1. The van der Waals surface area contributed by atoms with Crippen molar-refractivity contribution in [1.29, 1.82) is 0 Å². The van der Waals surface area contributed by atoms with E-state index in [0.717, 1.165) is 53.5 Å². The number of hydrazone groups is 1. The van der Waals surface area contributed by atoms with Gasteiger partial charge < -0.3 is 9.64 Å². The summed E-state index contributed by atoms with van der Waals surface area (Å²) in [4.78, 5) is 39.6. The Morgan fingerprint density at radius 3 is 2.39 bits per heavy atom. The molecule has 0 aliphatic carbocycles. The van der Waals surface area contributed by atoms with Crippen LogP contribution < -0.4 is 4.90 Å². The van der Waals surface area contributed by atoms with Gasteiger partial charge in [-0.05, 0) is 46.9 Å². The first-order valence-corrected chi connectivity index (χ1v) is 13.6. The van der Waals surface area contributed by atoms with Gasteiger partial charge >= 0.3 is 5.97 Å². The Kier molecular flexibility index (Phi) is 7.16. The van der Waals surface area contributed by atoms with Gasteiger partial charge in [0.25, 0.3) is 11.6 Å². The number of nitro groups is 1. The lowest BCUT2D eigenvalue weighted by molar-refractivity contribution is -0.384. The van der Waals surface area contributed by atoms with E-state index in [-0.39, 0.29) is 17.3 Å². The number of carbonyl (C=O) groups is 2. The maximum Gasteiger partial charge on any atom is 0.341 e. The number of carbonyl (C=O) groups excluding carboxylic acids is 2. The van der Waals surface area contributed by atoms with Crippen molar-refractivity contribution in [3.8, 4) is 0 Å². The zero-order valence-electron chi connectivity index (χ0n) is 22.3. The Hall–Kier alpha value is -5.05. The van der Waals surface area contributed by atoms with Crippen molar-refractivity contribution in [2.24, 2.45) is 5.10 Å². The molecule has 0 saturated carbocycles. The molecule has 2 aliphatic rings. The first kappa shape index (κ1) is 26.2. The Morgan fingerprint density at radius 1 is 0.902 bits per heavy atom. The summed E-state index contributed by atoms with van der Waals surface area (Å²) in [5.41, 5.74) is 3.05. The van der Waals surface area contributed by atoms with Crippen LogP contribution >= 0.6 is 0 Å². The molecule has 4 aromatic carbocycles. The predicted octanol–water partition coefficient (Wildman–Crippen LogP) is 5.88. The van der Waals surface area contributed by atoms with Crippen molar-refractivity contribution >= 4 is 39.7 Å². The van der Waals surface area contributed by atoms with Crippen LogP contribution in [0.2, 0.25) is 0 Å². The molecule has 0 aromatic heterocycles. The molecule has 41 heavy (non-hydrogen) atoms. The van der Waals surface area contributed by atoms with E-state index in [0.29, 0.717) is 12.1 Å². The zero-order chi connectivity index (χ0) is 28.3. The Bertz CT molecular complexity index is 1660. The summed E-state index contributed by atoms with van der Waals surface area (Å²) in [6.07, 6.45) is 2.45. The van der Waals surface area contributed by atoms with Crippen LogP contribution in [0, 0.1) is 10.1 Å². The van der Waals surface area contributed by atoms with E-state index in [4.69, 9.17) is 9.84 Å². The van der Waals surface area contributed by atoms with Gasteiger partial charge in [0.1, 0.15) is 0 Å². The lowest BCUT2D eigenvalue weighted by Crippen LogP contribution is -2.31. The maximum atomic E-state index is 13.5. The van der Waals surface area contributed by atoms with E-state index in [9.17, 15) is 19.7 Å². The van der Waals surface area contributed by atoms with Crippen LogP contribution in [0.25, 0.3) is 10.8 Å². The Balaban J connectivity index is 1.25. The smallest absolute Gasteiger partial charge is 0.341 e. The second-order valence-corrected chi connectivity index (χ2v) is 10.2. The standard InChI is InChI=1S/C32H28N4O5/c37-31(21-41-32(38)27-19-26(36(39)40)14-15-29(27)34-16-6-7-17-34)35-30(23-9-2-1-3-10-23)20-28(33-35)25-13-12-22-8-4-5-11-24(22)18-25/h1-5,8-15,18-19,30H,6-7,16-17,20-21H2. The summed E-state index contributed by atoms with van der Waals surface area (Å²) in [5.74, 6) is -1.26. The molecule has 0 spiro atoms. The molecule has 1 unspecified atom stereocenters. The number of amides is 1. The highest BCUT2D eigenvalue weighted by molar-refractivity contribution is 6.06. The second-order valence-electron chi connectivity index (χ2n) is 10.2. The van der Waals surface area contributed by atoms with Crippen molar-refractivity contribution < 1.29 is 19.2 Å². The highest BCUT2D eigenvalue weighted by Gasteiger charge is 2.34.